The monoisotopic (exact) mass is 171 g/mol. The summed E-state index contributed by atoms with van der Waals surface area (Å²) in [5, 5.41) is 13.2. The Morgan fingerprint density at radius 2 is 1.92 bits per heavy atom. The van der Waals surface area contributed by atoms with Gasteiger partial charge in [-0.1, -0.05) is 13.8 Å². The lowest BCUT2D eigenvalue weighted by molar-refractivity contribution is -0.00430. The zero-order chi connectivity index (χ0) is 9.03. The number of piperidine rings is 1. The van der Waals surface area contributed by atoms with Crippen LogP contribution in [0, 0.1) is 5.41 Å². The molecular weight excluding hydrogens is 150 g/mol. The largest absolute Gasteiger partial charge is 0.393 e. The van der Waals surface area contributed by atoms with E-state index in [1.807, 2.05) is 0 Å². The Bertz CT molecular complexity index is 130. The van der Waals surface area contributed by atoms with E-state index in [1.54, 1.807) is 0 Å². The van der Waals surface area contributed by atoms with Gasteiger partial charge in [0.2, 0.25) is 0 Å². The molecule has 1 atom stereocenters. The number of hydrogen-bond acceptors (Lipinski definition) is 2. The molecule has 72 valence electrons. The van der Waals surface area contributed by atoms with Crippen LogP contribution in [0.15, 0.2) is 0 Å². The summed E-state index contributed by atoms with van der Waals surface area (Å²) in [7, 11) is 0. The first-order chi connectivity index (χ1) is 5.75. The average molecular weight is 171 g/mol. The summed E-state index contributed by atoms with van der Waals surface area (Å²) in [6, 6.07) is 0. The minimum atomic E-state index is -0.0930. The Labute approximate surface area is 75.4 Å². The Morgan fingerprint density at radius 3 is 2.33 bits per heavy atom. The van der Waals surface area contributed by atoms with Crippen LogP contribution in [0.3, 0.4) is 0 Å². The van der Waals surface area contributed by atoms with E-state index in [0.29, 0.717) is 0 Å². The number of hydrogen-bond donors (Lipinski definition) is 2. The Hall–Kier alpha value is -0.0800. The molecule has 0 bridgehead atoms. The number of aliphatic hydroxyl groups excluding tert-OH is 1. The van der Waals surface area contributed by atoms with Crippen molar-refractivity contribution < 1.29 is 5.11 Å². The number of rotatable bonds is 3. The Morgan fingerprint density at radius 1 is 1.33 bits per heavy atom. The average Bonchev–Trinajstić information content (AvgIpc) is 2.17. The van der Waals surface area contributed by atoms with Gasteiger partial charge in [0.05, 0.1) is 6.10 Å². The molecule has 1 heterocycles. The molecule has 0 aliphatic carbocycles. The van der Waals surface area contributed by atoms with E-state index < -0.39 is 0 Å². The van der Waals surface area contributed by atoms with Crippen LogP contribution in [0.25, 0.3) is 0 Å². The van der Waals surface area contributed by atoms with Crippen molar-refractivity contribution >= 4 is 0 Å². The lowest BCUT2D eigenvalue weighted by Gasteiger charge is -2.40. The van der Waals surface area contributed by atoms with Gasteiger partial charge in [0.1, 0.15) is 0 Å². The highest BCUT2D eigenvalue weighted by molar-refractivity contribution is 4.88. The van der Waals surface area contributed by atoms with Gasteiger partial charge in [0.25, 0.3) is 0 Å². The first-order valence-electron chi connectivity index (χ1n) is 5.14. The van der Waals surface area contributed by atoms with Gasteiger partial charge in [-0.3, -0.25) is 0 Å². The van der Waals surface area contributed by atoms with Crippen molar-refractivity contribution in [2.45, 2.75) is 45.6 Å². The highest BCUT2D eigenvalue weighted by Crippen LogP contribution is 2.37. The van der Waals surface area contributed by atoms with E-state index in [9.17, 15) is 5.11 Å². The molecule has 1 rings (SSSR count). The van der Waals surface area contributed by atoms with Gasteiger partial charge >= 0.3 is 0 Å². The predicted octanol–water partition coefficient (Wildman–Crippen LogP) is 1.54. The summed E-state index contributed by atoms with van der Waals surface area (Å²) < 4.78 is 0. The molecule has 1 unspecified atom stereocenters. The molecule has 0 aromatic heterocycles. The molecule has 0 radical (unpaired) electrons. The minimum absolute atomic E-state index is 0.0930. The van der Waals surface area contributed by atoms with Crippen molar-refractivity contribution in [1.29, 1.82) is 0 Å². The quantitative estimate of drug-likeness (QED) is 0.675. The van der Waals surface area contributed by atoms with Gasteiger partial charge in [-0.2, -0.15) is 0 Å². The van der Waals surface area contributed by atoms with Crippen molar-refractivity contribution in [3.05, 3.63) is 0 Å². The molecule has 0 spiro atoms. The van der Waals surface area contributed by atoms with E-state index in [0.717, 1.165) is 38.8 Å². The summed E-state index contributed by atoms with van der Waals surface area (Å²) in [6.45, 7) is 6.42. The normalized spacial score (nSPS) is 25.2. The van der Waals surface area contributed by atoms with E-state index in [2.05, 4.69) is 19.2 Å². The third-order valence-corrected chi connectivity index (χ3v) is 3.40. The van der Waals surface area contributed by atoms with Crippen molar-refractivity contribution in [2.75, 3.05) is 13.1 Å². The minimum Gasteiger partial charge on any atom is -0.393 e. The molecule has 1 aliphatic heterocycles. The summed E-state index contributed by atoms with van der Waals surface area (Å²) in [5.41, 5.74) is 0.222. The molecule has 2 heteroatoms. The molecule has 1 saturated heterocycles. The lowest BCUT2D eigenvalue weighted by Crippen LogP contribution is -2.43. The Kier molecular flexibility index (Phi) is 3.53. The fourth-order valence-electron chi connectivity index (χ4n) is 2.28. The van der Waals surface area contributed by atoms with Crippen LogP contribution >= 0.6 is 0 Å². The molecule has 1 fully saturated rings. The van der Waals surface area contributed by atoms with Crippen LogP contribution in [0.1, 0.15) is 39.5 Å². The maximum absolute atomic E-state index is 9.91. The molecule has 0 aromatic carbocycles. The maximum atomic E-state index is 9.91. The lowest BCUT2D eigenvalue weighted by atomic mass is 9.71. The fourth-order valence-corrected chi connectivity index (χ4v) is 2.28. The molecule has 0 saturated carbocycles. The Balaban J connectivity index is 2.59. The molecule has 2 N–H and O–H groups in total. The highest BCUT2D eigenvalue weighted by atomic mass is 16.3. The second-order valence-corrected chi connectivity index (χ2v) is 3.89. The van der Waals surface area contributed by atoms with Gasteiger partial charge in [-0.15, -0.1) is 0 Å². The zero-order valence-electron chi connectivity index (χ0n) is 8.27. The molecule has 2 nitrogen and oxygen atoms in total. The molecule has 1 aliphatic rings. The number of nitrogens with one attached hydrogen (secondary N) is 1. The van der Waals surface area contributed by atoms with Crippen LogP contribution in [0.2, 0.25) is 0 Å². The molecule has 12 heavy (non-hydrogen) atoms. The van der Waals surface area contributed by atoms with E-state index in [4.69, 9.17) is 0 Å². The van der Waals surface area contributed by atoms with Gasteiger partial charge in [-0.25, -0.2) is 0 Å². The predicted molar refractivity (Wildman–Crippen MR) is 51.1 cm³/mol. The van der Waals surface area contributed by atoms with Crippen molar-refractivity contribution in [2.24, 2.45) is 5.41 Å². The van der Waals surface area contributed by atoms with E-state index in [1.165, 1.54) is 0 Å². The summed E-state index contributed by atoms with van der Waals surface area (Å²) in [5.74, 6) is 0. The van der Waals surface area contributed by atoms with E-state index in [-0.39, 0.29) is 11.5 Å². The summed E-state index contributed by atoms with van der Waals surface area (Å²) in [6.07, 6.45) is 4.19. The first-order valence-corrected chi connectivity index (χ1v) is 5.14. The van der Waals surface area contributed by atoms with Crippen molar-refractivity contribution in [3.63, 3.8) is 0 Å². The number of aliphatic hydroxyl groups is 1. The van der Waals surface area contributed by atoms with Crippen molar-refractivity contribution in [1.82, 2.24) is 5.32 Å². The van der Waals surface area contributed by atoms with Gasteiger partial charge < -0.3 is 10.4 Å². The van der Waals surface area contributed by atoms with Crippen LogP contribution < -0.4 is 5.32 Å². The standard InChI is InChI=1S/C10H21NO/c1-3-9(12)10(4-2)5-7-11-8-6-10/h9,11-12H,3-8H2,1-2H3. The summed E-state index contributed by atoms with van der Waals surface area (Å²) >= 11 is 0. The topological polar surface area (TPSA) is 32.3 Å². The molecule has 0 aromatic rings. The fraction of sp³-hybridized carbons (Fsp3) is 1.00. The molecule has 0 amide bonds. The van der Waals surface area contributed by atoms with Gasteiger partial charge in [0, 0.05) is 0 Å². The van der Waals surface area contributed by atoms with Gasteiger partial charge in [0.15, 0.2) is 0 Å². The van der Waals surface area contributed by atoms with Crippen LogP contribution in [-0.2, 0) is 0 Å². The maximum Gasteiger partial charge on any atom is 0.0594 e. The van der Waals surface area contributed by atoms with Crippen LogP contribution in [0.4, 0.5) is 0 Å². The zero-order valence-corrected chi connectivity index (χ0v) is 8.27. The summed E-state index contributed by atoms with van der Waals surface area (Å²) in [4.78, 5) is 0. The second kappa shape index (κ2) is 4.24. The third-order valence-electron chi connectivity index (χ3n) is 3.40. The SMILES string of the molecule is CCC(O)C1(CC)CCNCC1. The third kappa shape index (κ3) is 1.80. The van der Waals surface area contributed by atoms with Crippen molar-refractivity contribution in [3.8, 4) is 0 Å². The second-order valence-electron chi connectivity index (χ2n) is 3.89. The first kappa shape index (κ1) is 10.0. The molecular formula is C10H21NO. The highest BCUT2D eigenvalue weighted by Gasteiger charge is 2.35. The smallest absolute Gasteiger partial charge is 0.0594 e. The van der Waals surface area contributed by atoms with Gasteiger partial charge in [-0.05, 0) is 44.2 Å². The van der Waals surface area contributed by atoms with Crippen LogP contribution in [-0.4, -0.2) is 24.3 Å². The van der Waals surface area contributed by atoms with Crippen LogP contribution in [0.5, 0.6) is 0 Å². The van der Waals surface area contributed by atoms with E-state index >= 15 is 0 Å².